The average Bonchev–Trinajstić information content (AvgIpc) is 2.42. The molecule has 0 aromatic heterocycles. The molecule has 1 atom stereocenters. The Labute approximate surface area is 126 Å². The largest absolute Gasteiger partial charge is 0.481 e. The second-order valence-corrected chi connectivity index (χ2v) is 6.26. The Balaban J connectivity index is 1.89. The van der Waals surface area contributed by atoms with Crippen molar-refractivity contribution in [1.82, 2.24) is 5.32 Å². The summed E-state index contributed by atoms with van der Waals surface area (Å²) in [6, 6.07) is 5.96. The van der Waals surface area contributed by atoms with Gasteiger partial charge < -0.3 is 15.2 Å². The van der Waals surface area contributed by atoms with Gasteiger partial charge in [0, 0.05) is 12.0 Å². The smallest absolute Gasteiger partial charge is 0.260 e. The molecule has 1 fully saturated rings. The van der Waals surface area contributed by atoms with Crippen LogP contribution in [0.5, 0.6) is 5.75 Å². The highest BCUT2D eigenvalue weighted by Crippen LogP contribution is 2.39. The van der Waals surface area contributed by atoms with Crippen molar-refractivity contribution < 1.29 is 14.6 Å². The minimum absolute atomic E-state index is 0.103. The molecule has 0 radical (unpaired) electrons. The number of ether oxygens (including phenoxy) is 1. The van der Waals surface area contributed by atoms with Crippen LogP contribution in [0.2, 0.25) is 0 Å². The van der Waals surface area contributed by atoms with E-state index in [0.717, 1.165) is 36.1 Å². The summed E-state index contributed by atoms with van der Waals surface area (Å²) in [6.45, 7) is 6.39. The molecule has 116 valence electrons. The Kier molecular flexibility index (Phi) is 4.88. The maximum atomic E-state index is 12.1. The van der Waals surface area contributed by atoms with Gasteiger partial charge in [0.2, 0.25) is 0 Å². The first-order valence-electron chi connectivity index (χ1n) is 7.58. The van der Waals surface area contributed by atoms with E-state index in [9.17, 15) is 9.90 Å². The molecule has 2 rings (SSSR count). The third-order valence-electron chi connectivity index (χ3n) is 4.40. The molecule has 1 aliphatic rings. The topological polar surface area (TPSA) is 58.6 Å². The summed E-state index contributed by atoms with van der Waals surface area (Å²) in [5.41, 5.74) is 2.03. The molecule has 2 N–H and O–H groups in total. The van der Waals surface area contributed by atoms with E-state index in [1.165, 1.54) is 0 Å². The van der Waals surface area contributed by atoms with E-state index in [1.54, 1.807) is 6.92 Å². The molecule has 1 amide bonds. The lowest BCUT2D eigenvalue weighted by atomic mass is 9.69. The van der Waals surface area contributed by atoms with Crippen LogP contribution in [-0.2, 0) is 4.79 Å². The minimum Gasteiger partial charge on any atom is -0.481 e. The lowest BCUT2D eigenvalue weighted by Crippen LogP contribution is -2.47. The zero-order valence-electron chi connectivity index (χ0n) is 13.1. The highest BCUT2D eigenvalue weighted by atomic mass is 16.5. The van der Waals surface area contributed by atoms with E-state index in [4.69, 9.17) is 4.74 Å². The molecule has 4 heteroatoms. The first kappa shape index (κ1) is 15.8. The quantitative estimate of drug-likeness (QED) is 0.846. The molecule has 21 heavy (non-hydrogen) atoms. The fourth-order valence-electron chi connectivity index (χ4n) is 2.56. The van der Waals surface area contributed by atoms with E-state index in [2.05, 4.69) is 5.32 Å². The molecule has 0 heterocycles. The van der Waals surface area contributed by atoms with E-state index in [0.29, 0.717) is 6.54 Å². The molecule has 1 saturated carbocycles. The van der Waals surface area contributed by atoms with Crippen LogP contribution in [0.15, 0.2) is 18.2 Å². The molecule has 0 bridgehead atoms. The standard InChI is InChI=1S/C17H25NO3/c1-12-5-6-13(2)15(9-12)21-14(3)16(20)18-10-17(11-19)7-4-8-17/h5-6,9,14,19H,4,7-8,10-11H2,1-3H3,(H,18,20)/t14-/m1/s1. The summed E-state index contributed by atoms with van der Waals surface area (Å²) in [5, 5.41) is 12.3. The van der Waals surface area contributed by atoms with Gasteiger partial charge in [0.05, 0.1) is 6.61 Å². The number of aliphatic hydroxyl groups excluding tert-OH is 1. The van der Waals surface area contributed by atoms with Crippen molar-refractivity contribution in [1.29, 1.82) is 0 Å². The van der Waals surface area contributed by atoms with Gasteiger partial charge in [0.25, 0.3) is 5.91 Å². The Morgan fingerprint density at radius 3 is 2.71 bits per heavy atom. The molecular formula is C17H25NO3. The van der Waals surface area contributed by atoms with Crippen LogP contribution < -0.4 is 10.1 Å². The lowest BCUT2D eigenvalue weighted by molar-refractivity contribution is -0.128. The molecule has 0 unspecified atom stereocenters. The zero-order chi connectivity index (χ0) is 15.5. The van der Waals surface area contributed by atoms with Crippen LogP contribution in [0.25, 0.3) is 0 Å². The van der Waals surface area contributed by atoms with Crippen molar-refractivity contribution in [2.45, 2.75) is 46.1 Å². The number of rotatable bonds is 6. The lowest BCUT2D eigenvalue weighted by Gasteiger charge is -2.40. The van der Waals surface area contributed by atoms with Crippen molar-refractivity contribution in [3.8, 4) is 5.75 Å². The maximum absolute atomic E-state index is 12.1. The van der Waals surface area contributed by atoms with Gasteiger partial charge in [-0.3, -0.25) is 4.79 Å². The van der Waals surface area contributed by atoms with Gasteiger partial charge in [0.15, 0.2) is 6.10 Å². The van der Waals surface area contributed by atoms with Gasteiger partial charge in [-0.15, -0.1) is 0 Å². The van der Waals surface area contributed by atoms with Gasteiger partial charge in [-0.05, 0) is 50.8 Å². The first-order valence-corrected chi connectivity index (χ1v) is 7.58. The summed E-state index contributed by atoms with van der Waals surface area (Å²) in [5.74, 6) is 0.619. The van der Waals surface area contributed by atoms with Gasteiger partial charge in [0.1, 0.15) is 5.75 Å². The predicted octanol–water partition coefficient (Wildman–Crippen LogP) is 2.35. The van der Waals surface area contributed by atoms with Gasteiger partial charge in [-0.2, -0.15) is 0 Å². The van der Waals surface area contributed by atoms with Crippen LogP contribution in [0, 0.1) is 19.3 Å². The Morgan fingerprint density at radius 2 is 2.14 bits per heavy atom. The molecule has 1 aromatic rings. The Hall–Kier alpha value is -1.55. The molecular weight excluding hydrogens is 266 g/mol. The summed E-state index contributed by atoms with van der Waals surface area (Å²) in [6.07, 6.45) is 2.55. The summed E-state index contributed by atoms with van der Waals surface area (Å²) >= 11 is 0. The van der Waals surface area contributed by atoms with Crippen molar-refractivity contribution >= 4 is 5.91 Å². The van der Waals surface area contributed by atoms with E-state index in [-0.39, 0.29) is 17.9 Å². The summed E-state index contributed by atoms with van der Waals surface area (Å²) < 4.78 is 5.76. The van der Waals surface area contributed by atoms with Crippen LogP contribution in [0.3, 0.4) is 0 Å². The van der Waals surface area contributed by atoms with Crippen molar-refractivity contribution in [3.05, 3.63) is 29.3 Å². The number of hydrogen-bond donors (Lipinski definition) is 2. The average molecular weight is 291 g/mol. The number of benzene rings is 1. The minimum atomic E-state index is -0.540. The van der Waals surface area contributed by atoms with Gasteiger partial charge in [-0.1, -0.05) is 18.6 Å². The molecule has 0 spiro atoms. The van der Waals surface area contributed by atoms with E-state index in [1.807, 2.05) is 32.0 Å². The molecule has 1 aromatic carbocycles. The van der Waals surface area contributed by atoms with Crippen LogP contribution in [0.4, 0.5) is 0 Å². The number of aliphatic hydroxyl groups is 1. The number of amides is 1. The number of aryl methyl sites for hydroxylation is 2. The molecule has 4 nitrogen and oxygen atoms in total. The van der Waals surface area contributed by atoms with Crippen molar-refractivity contribution in [3.63, 3.8) is 0 Å². The van der Waals surface area contributed by atoms with Crippen LogP contribution in [-0.4, -0.2) is 30.3 Å². The Morgan fingerprint density at radius 1 is 1.43 bits per heavy atom. The summed E-state index contributed by atoms with van der Waals surface area (Å²) in [4.78, 5) is 12.1. The molecule has 0 saturated heterocycles. The van der Waals surface area contributed by atoms with Crippen molar-refractivity contribution in [2.24, 2.45) is 5.41 Å². The van der Waals surface area contributed by atoms with E-state index >= 15 is 0 Å². The maximum Gasteiger partial charge on any atom is 0.260 e. The summed E-state index contributed by atoms with van der Waals surface area (Å²) in [7, 11) is 0. The SMILES string of the molecule is Cc1ccc(C)c(O[C@H](C)C(=O)NCC2(CO)CCC2)c1. The fraction of sp³-hybridized carbons (Fsp3) is 0.588. The van der Waals surface area contributed by atoms with Crippen molar-refractivity contribution in [2.75, 3.05) is 13.2 Å². The van der Waals surface area contributed by atoms with E-state index < -0.39 is 6.10 Å². The molecule has 0 aliphatic heterocycles. The van der Waals surface area contributed by atoms with Gasteiger partial charge in [-0.25, -0.2) is 0 Å². The monoisotopic (exact) mass is 291 g/mol. The highest BCUT2D eigenvalue weighted by Gasteiger charge is 2.36. The number of carbonyl (C=O) groups excluding carboxylic acids is 1. The zero-order valence-corrected chi connectivity index (χ0v) is 13.1. The van der Waals surface area contributed by atoms with Gasteiger partial charge >= 0.3 is 0 Å². The third-order valence-corrected chi connectivity index (χ3v) is 4.40. The second-order valence-electron chi connectivity index (χ2n) is 6.26. The third kappa shape index (κ3) is 3.76. The fourth-order valence-corrected chi connectivity index (χ4v) is 2.56. The first-order chi connectivity index (χ1) is 9.96. The predicted molar refractivity (Wildman–Crippen MR) is 82.4 cm³/mol. The van der Waals surface area contributed by atoms with Crippen LogP contribution >= 0.6 is 0 Å². The second kappa shape index (κ2) is 6.48. The highest BCUT2D eigenvalue weighted by molar-refractivity contribution is 5.80. The number of nitrogens with one attached hydrogen (secondary N) is 1. The Bertz CT molecular complexity index is 503. The number of hydrogen-bond acceptors (Lipinski definition) is 3. The normalized spacial score (nSPS) is 17.7. The number of carbonyl (C=O) groups is 1. The molecule has 1 aliphatic carbocycles. The van der Waals surface area contributed by atoms with Crippen LogP contribution in [0.1, 0.15) is 37.3 Å².